The fourth-order valence-electron chi connectivity index (χ4n) is 1.81. The van der Waals surface area contributed by atoms with Gasteiger partial charge >= 0.3 is 19.6 Å². The minimum atomic E-state index is -3.74. The first-order chi connectivity index (χ1) is 11.8. The summed E-state index contributed by atoms with van der Waals surface area (Å²) in [6.45, 7) is -0.303. The third-order valence-corrected chi connectivity index (χ3v) is 4.45. The van der Waals surface area contributed by atoms with Gasteiger partial charge < -0.3 is 14.0 Å². The van der Waals surface area contributed by atoms with Crippen LogP contribution in [-0.4, -0.2) is 23.0 Å². The van der Waals surface area contributed by atoms with Gasteiger partial charge in [-0.1, -0.05) is 12.1 Å². The zero-order valence-corrected chi connectivity index (χ0v) is 14.0. The van der Waals surface area contributed by atoms with Crippen molar-refractivity contribution in [2.45, 2.75) is 13.0 Å². The molecule has 11 heteroatoms. The highest BCUT2D eigenvalue weighted by molar-refractivity contribution is 7.52. The van der Waals surface area contributed by atoms with E-state index in [9.17, 15) is 19.5 Å². The molecule has 0 bridgehead atoms. The van der Waals surface area contributed by atoms with Crippen LogP contribution in [0.4, 0.5) is 5.88 Å². The van der Waals surface area contributed by atoms with Crippen molar-refractivity contribution in [1.29, 1.82) is 0 Å². The van der Waals surface area contributed by atoms with E-state index < -0.39 is 24.5 Å². The summed E-state index contributed by atoms with van der Waals surface area (Å²) in [7, 11) is -2.38. The van der Waals surface area contributed by atoms with E-state index >= 15 is 0 Å². The van der Waals surface area contributed by atoms with Gasteiger partial charge in [0.25, 0.3) is 0 Å². The van der Waals surface area contributed by atoms with Crippen LogP contribution in [0.25, 0.3) is 0 Å². The lowest BCUT2D eigenvalue weighted by Crippen LogP contribution is -2.11. The number of carbonyl (C=O) groups is 1. The molecule has 1 atom stereocenters. The molecule has 134 valence electrons. The second-order valence-corrected chi connectivity index (χ2v) is 6.68. The number of nitrogens with zero attached hydrogens (tertiary/aromatic N) is 1. The van der Waals surface area contributed by atoms with E-state index in [4.69, 9.17) is 18.6 Å². The number of furan rings is 1. The first-order valence-electron chi connectivity index (χ1n) is 6.98. The molecule has 2 N–H and O–H groups in total. The molecule has 0 saturated carbocycles. The SMILES string of the molecule is CNP(=O)(OCc1ccc([N+](=O)[O-])o1)Oc1ccc(CC(=O)O)cc1. The van der Waals surface area contributed by atoms with Crippen LogP contribution in [0, 0.1) is 10.1 Å². The number of benzene rings is 1. The Morgan fingerprint density at radius 3 is 2.52 bits per heavy atom. The van der Waals surface area contributed by atoms with Gasteiger partial charge in [0.2, 0.25) is 0 Å². The minimum Gasteiger partial charge on any atom is -0.481 e. The predicted molar refractivity (Wildman–Crippen MR) is 85.2 cm³/mol. The fourth-order valence-corrected chi connectivity index (χ4v) is 2.78. The Morgan fingerprint density at radius 2 is 2.00 bits per heavy atom. The molecular weight excluding hydrogens is 355 g/mol. The van der Waals surface area contributed by atoms with Gasteiger partial charge in [-0.25, -0.2) is 9.65 Å². The molecule has 0 aliphatic rings. The Hall–Kier alpha value is -2.68. The number of hydrogen-bond donors (Lipinski definition) is 2. The van der Waals surface area contributed by atoms with Crippen molar-refractivity contribution in [3.8, 4) is 5.75 Å². The number of aliphatic carboxylic acids is 1. The smallest absolute Gasteiger partial charge is 0.458 e. The summed E-state index contributed by atoms with van der Waals surface area (Å²) < 4.78 is 27.9. The van der Waals surface area contributed by atoms with Crippen LogP contribution in [0.15, 0.2) is 40.8 Å². The Bertz CT molecular complexity index is 801. The summed E-state index contributed by atoms with van der Waals surface area (Å²) in [5.74, 6) is -1.10. The third-order valence-electron chi connectivity index (χ3n) is 2.98. The van der Waals surface area contributed by atoms with Crippen molar-refractivity contribution in [1.82, 2.24) is 5.09 Å². The molecular formula is C14H15N2O8P. The maximum Gasteiger partial charge on any atom is 0.458 e. The lowest BCUT2D eigenvalue weighted by Gasteiger charge is -2.17. The summed E-state index contributed by atoms with van der Waals surface area (Å²) in [4.78, 5) is 20.5. The number of nitrogens with one attached hydrogen (secondary N) is 1. The van der Waals surface area contributed by atoms with E-state index in [1.165, 1.54) is 37.4 Å². The highest BCUT2D eigenvalue weighted by Gasteiger charge is 2.25. The van der Waals surface area contributed by atoms with Gasteiger partial charge in [0.05, 0.1) is 12.5 Å². The largest absolute Gasteiger partial charge is 0.481 e. The van der Waals surface area contributed by atoms with Crippen LogP contribution in [0.1, 0.15) is 11.3 Å². The van der Waals surface area contributed by atoms with E-state index in [1.807, 2.05) is 0 Å². The molecule has 1 unspecified atom stereocenters. The Kier molecular flexibility index (Phi) is 5.92. The number of carboxylic acids is 1. The molecule has 2 rings (SSSR count). The summed E-state index contributed by atoms with van der Waals surface area (Å²) in [5, 5.41) is 21.7. The maximum atomic E-state index is 12.5. The second-order valence-electron chi connectivity index (χ2n) is 4.80. The fraction of sp³-hybridized carbons (Fsp3) is 0.214. The van der Waals surface area contributed by atoms with Crippen molar-refractivity contribution in [2.24, 2.45) is 0 Å². The highest BCUT2D eigenvalue weighted by atomic mass is 31.2. The Labute approximate surface area is 142 Å². The van der Waals surface area contributed by atoms with E-state index in [-0.39, 0.29) is 24.5 Å². The van der Waals surface area contributed by atoms with Crippen molar-refractivity contribution < 1.29 is 32.9 Å². The standard InChI is InChI=1S/C14H15N2O8P/c1-15-25(21,22-9-12-6-7-13(23-12)16(19)20)24-11-4-2-10(3-5-11)8-14(17)18/h2-7H,8-9H2,1H3,(H,15,21)(H,17,18). The van der Waals surface area contributed by atoms with Crippen molar-refractivity contribution in [3.63, 3.8) is 0 Å². The van der Waals surface area contributed by atoms with Crippen molar-refractivity contribution in [3.05, 3.63) is 57.8 Å². The highest BCUT2D eigenvalue weighted by Crippen LogP contribution is 2.44. The average Bonchev–Trinajstić information content (AvgIpc) is 3.04. The molecule has 1 aromatic carbocycles. The van der Waals surface area contributed by atoms with Gasteiger partial charge in [-0.05, 0) is 30.8 Å². The van der Waals surface area contributed by atoms with Gasteiger partial charge in [0, 0.05) is 0 Å². The molecule has 0 saturated heterocycles. The molecule has 0 aliphatic heterocycles. The topological polar surface area (TPSA) is 141 Å². The van der Waals surface area contributed by atoms with Gasteiger partial charge in [-0.15, -0.1) is 0 Å². The van der Waals surface area contributed by atoms with E-state index in [0.29, 0.717) is 5.56 Å². The van der Waals surface area contributed by atoms with E-state index in [2.05, 4.69) is 5.09 Å². The van der Waals surface area contributed by atoms with Gasteiger partial charge in [0.1, 0.15) is 23.0 Å². The third kappa shape index (κ3) is 5.42. The van der Waals surface area contributed by atoms with Gasteiger partial charge in [-0.3, -0.25) is 19.4 Å². The predicted octanol–water partition coefficient (Wildman–Crippen LogP) is 2.74. The zero-order chi connectivity index (χ0) is 18.4. The number of nitro groups is 1. The molecule has 10 nitrogen and oxygen atoms in total. The quantitative estimate of drug-likeness (QED) is 0.387. The van der Waals surface area contributed by atoms with E-state index in [0.717, 1.165) is 6.07 Å². The van der Waals surface area contributed by atoms with Crippen molar-refractivity contribution >= 4 is 19.6 Å². The molecule has 2 aromatic rings. The van der Waals surface area contributed by atoms with Crippen LogP contribution in [0.2, 0.25) is 0 Å². The van der Waals surface area contributed by atoms with Gasteiger partial charge in [0.15, 0.2) is 0 Å². The summed E-state index contributed by atoms with van der Waals surface area (Å²) in [5.41, 5.74) is 0.558. The zero-order valence-electron chi connectivity index (χ0n) is 13.1. The normalized spacial score (nSPS) is 13.2. The van der Waals surface area contributed by atoms with Gasteiger partial charge in [-0.2, -0.15) is 0 Å². The first kappa shape index (κ1) is 18.7. The molecule has 25 heavy (non-hydrogen) atoms. The van der Waals surface area contributed by atoms with Crippen LogP contribution < -0.4 is 9.61 Å². The van der Waals surface area contributed by atoms with Crippen LogP contribution in [-0.2, 0) is 26.9 Å². The van der Waals surface area contributed by atoms with Crippen LogP contribution in [0.5, 0.6) is 5.75 Å². The lowest BCUT2D eigenvalue weighted by atomic mass is 10.1. The number of carboxylic acid groups (broad SMARTS) is 1. The van der Waals surface area contributed by atoms with E-state index in [1.54, 1.807) is 0 Å². The van der Waals surface area contributed by atoms with Crippen LogP contribution in [0.3, 0.4) is 0 Å². The second kappa shape index (κ2) is 7.93. The average molecular weight is 370 g/mol. The number of hydrogen-bond acceptors (Lipinski definition) is 7. The first-order valence-corrected chi connectivity index (χ1v) is 8.52. The molecule has 0 aliphatic carbocycles. The number of rotatable bonds is 9. The molecule has 0 radical (unpaired) electrons. The molecule has 0 spiro atoms. The minimum absolute atomic E-state index is 0.114. The monoisotopic (exact) mass is 370 g/mol. The lowest BCUT2D eigenvalue weighted by molar-refractivity contribution is -0.402. The Morgan fingerprint density at radius 1 is 1.32 bits per heavy atom. The summed E-state index contributed by atoms with van der Waals surface area (Å²) >= 11 is 0. The van der Waals surface area contributed by atoms with Crippen molar-refractivity contribution in [2.75, 3.05) is 7.05 Å². The molecule has 0 fully saturated rings. The summed E-state index contributed by atoms with van der Waals surface area (Å²) in [6.07, 6.45) is -0.141. The molecule has 0 amide bonds. The van der Waals surface area contributed by atoms with Crippen LogP contribution >= 0.6 is 7.75 Å². The molecule has 1 heterocycles. The Balaban J connectivity index is 2.00. The molecule has 1 aromatic heterocycles. The summed E-state index contributed by atoms with van der Waals surface area (Å²) in [6, 6.07) is 8.47. The maximum absolute atomic E-state index is 12.5.